The predicted octanol–water partition coefficient (Wildman–Crippen LogP) is 5.00. The summed E-state index contributed by atoms with van der Waals surface area (Å²) >= 11 is 0. The highest BCUT2D eigenvalue weighted by atomic mass is 32.2. The van der Waals surface area contributed by atoms with E-state index in [1.165, 1.54) is 25.3 Å². The van der Waals surface area contributed by atoms with E-state index in [0.29, 0.717) is 18.7 Å². The minimum atomic E-state index is -3.63. The molecule has 2 aromatic carbocycles. The molecule has 6 aliphatic rings. The van der Waals surface area contributed by atoms with Crippen molar-refractivity contribution < 1.29 is 32.3 Å². The average molecular weight is 833 g/mol. The first-order chi connectivity index (χ1) is 28.5. The van der Waals surface area contributed by atoms with Crippen molar-refractivity contribution >= 4 is 33.4 Å². The Morgan fingerprint density at radius 2 is 1.58 bits per heavy atom. The molecule has 14 heteroatoms. The van der Waals surface area contributed by atoms with E-state index in [4.69, 9.17) is 0 Å². The molecule has 12 nitrogen and oxygen atoms in total. The Balaban J connectivity index is 0.868. The Morgan fingerprint density at radius 3 is 2.25 bits per heavy atom. The maximum Gasteiger partial charge on any atom is 0.404 e. The van der Waals surface area contributed by atoms with Gasteiger partial charge in [0.1, 0.15) is 11.1 Å². The van der Waals surface area contributed by atoms with Crippen LogP contribution >= 0.6 is 0 Å². The number of piperidine rings is 2. The fourth-order valence-corrected chi connectivity index (χ4v) is 12.9. The molecule has 0 radical (unpaired) electrons. The van der Waals surface area contributed by atoms with Crippen LogP contribution in [0, 0.1) is 23.6 Å². The van der Waals surface area contributed by atoms with E-state index in [9.17, 15) is 32.3 Å². The smallest absolute Gasteiger partial charge is 0.404 e. The molecule has 2 aromatic rings. The maximum atomic E-state index is 15.0. The molecular weight excluding hydrogens is 772 g/mol. The van der Waals surface area contributed by atoms with Crippen LogP contribution in [0.4, 0.5) is 14.9 Å². The normalized spacial score (nSPS) is 26.5. The van der Waals surface area contributed by atoms with Gasteiger partial charge in [0.15, 0.2) is 9.84 Å². The van der Waals surface area contributed by atoms with Gasteiger partial charge in [-0.2, -0.15) is 0 Å². The van der Waals surface area contributed by atoms with Crippen LogP contribution in [0.1, 0.15) is 69.8 Å². The highest BCUT2D eigenvalue weighted by molar-refractivity contribution is 7.92. The number of rotatable bonds is 14. The number of nitrogens with zero attached hydrogens (tertiary/aromatic N) is 5. The molecule has 0 aromatic heterocycles. The van der Waals surface area contributed by atoms with Gasteiger partial charge in [0, 0.05) is 68.9 Å². The predicted molar refractivity (Wildman–Crippen MR) is 224 cm³/mol. The van der Waals surface area contributed by atoms with Gasteiger partial charge < -0.3 is 30.0 Å². The fourth-order valence-electron chi connectivity index (χ4n) is 11.2. The van der Waals surface area contributed by atoms with Crippen LogP contribution in [0.25, 0.3) is 0 Å². The summed E-state index contributed by atoms with van der Waals surface area (Å²) in [6, 6.07) is 13.5. The van der Waals surface area contributed by atoms with Crippen molar-refractivity contribution in [3.63, 3.8) is 0 Å². The molecule has 4 atom stereocenters. The third-order valence-corrected chi connectivity index (χ3v) is 16.6. The van der Waals surface area contributed by atoms with E-state index in [1.807, 2.05) is 6.08 Å². The van der Waals surface area contributed by atoms with Crippen molar-refractivity contribution in [2.45, 2.75) is 85.8 Å². The van der Waals surface area contributed by atoms with Crippen LogP contribution in [0.3, 0.4) is 0 Å². The van der Waals surface area contributed by atoms with Crippen LogP contribution < -0.4 is 10.2 Å². The molecule has 1 unspecified atom stereocenters. The first-order valence-electron chi connectivity index (χ1n) is 22.0. The number of sulfone groups is 1. The second-order valence-electron chi connectivity index (χ2n) is 18.1. The van der Waals surface area contributed by atoms with Crippen LogP contribution in [0.5, 0.6) is 0 Å². The molecule has 0 spiro atoms. The number of likely N-dealkylation sites (tertiary alicyclic amines) is 4. The molecular formula is C45H61FN6O6S. The van der Waals surface area contributed by atoms with Crippen LogP contribution in [-0.2, 0) is 24.8 Å². The Bertz CT molecular complexity index is 1960. The van der Waals surface area contributed by atoms with Gasteiger partial charge in [-0.3, -0.25) is 14.5 Å². The zero-order chi connectivity index (χ0) is 41.1. The highest BCUT2D eigenvalue weighted by Crippen LogP contribution is 2.51. The molecule has 2 N–H and O–H groups in total. The number of benzene rings is 2. The second-order valence-corrected chi connectivity index (χ2v) is 20.3. The Labute approximate surface area is 348 Å². The molecule has 1 saturated carbocycles. The lowest BCUT2D eigenvalue weighted by Gasteiger charge is -2.53. The SMILES string of the molecule is O=C(O)N[C@H]1CCC[C@@H]1C(CN1CCC1)(c1cccc(F)c1)C1CCN(C[C@@H]2CC(=O)N(c3ccc(S(=O)(=O)C4CN(C(=O)/C=C/CN5CCCCC5)C4)cc3)C2)CC1. The summed E-state index contributed by atoms with van der Waals surface area (Å²) in [5.41, 5.74) is 1.28. The fraction of sp³-hybridized carbons (Fsp3) is 0.622. The summed E-state index contributed by atoms with van der Waals surface area (Å²) in [7, 11) is -3.63. The van der Waals surface area contributed by atoms with Crippen molar-refractivity contribution in [3.8, 4) is 0 Å². The minimum Gasteiger partial charge on any atom is -0.465 e. The third kappa shape index (κ3) is 9.11. The monoisotopic (exact) mass is 832 g/mol. The average Bonchev–Trinajstić information content (AvgIpc) is 3.80. The van der Waals surface area contributed by atoms with Crippen molar-refractivity contribution in [2.24, 2.45) is 17.8 Å². The first-order valence-corrected chi connectivity index (χ1v) is 23.6. The van der Waals surface area contributed by atoms with Crippen LogP contribution in [0.2, 0.25) is 0 Å². The molecule has 6 fully saturated rings. The number of carbonyl (C=O) groups is 3. The van der Waals surface area contributed by atoms with Crippen molar-refractivity contribution in [1.82, 2.24) is 24.9 Å². The number of hydrogen-bond acceptors (Lipinski definition) is 8. The van der Waals surface area contributed by atoms with E-state index >= 15 is 0 Å². The summed E-state index contributed by atoms with van der Waals surface area (Å²) in [5.74, 6) is 0.0533. The molecule has 0 bridgehead atoms. The Kier molecular flexibility index (Phi) is 12.8. The number of carboxylic acid groups (broad SMARTS) is 1. The molecule has 320 valence electrons. The van der Waals surface area contributed by atoms with Gasteiger partial charge in [0.25, 0.3) is 0 Å². The summed E-state index contributed by atoms with van der Waals surface area (Å²) < 4.78 is 41.9. The molecule has 8 rings (SSSR count). The molecule has 1 aliphatic carbocycles. The van der Waals surface area contributed by atoms with Gasteiger partial charge in [0.2, 0.25) is 11.8 Å². The van der Waals surface area contributed by atoms with Crippen molar-refractivity contribution in [2.75, 3.05) is 83.4 Å². The van der Waals surface area contributed by atoms with Gasteiger partial charge in [-0.05, 0) is 144 Å². The Morgan fingerprint density at radius 1 is 0.847 bits per heavy atom. The zero-order valence-electron chi connectivity index (χ0n) is 34.2. The number of carbonyl (C=O) groups excluding carboxylic acids is 2. The van der Waals surface area contributed by atoms with Crippen molar-refractivity contribution in [1.29, 1.82) is 0 Å². The molecule has 3 amide bonds. The third-order valence-electron chi connectivity index (χ3n) is 14.5. The molecule has 59 heavy (non-hydrogen) atoms. The highest BCUT2D eigenvalue weighted by Gasteiger charge is 2.53. The first kappa shape index (κ1) is 41.9. The number of hydrogen-bond donors (Lipinski definition) is 2. The number of anilines is 1. The second kappa shape index (κ2) is 18.0. The Hall–Kier alpha value is -3.85. The number of amides is 3. The van der Waals surface area contributed by atoms with Crippen LogP contribution in [-0.4, -0.2) is 141 Å². The molecule has 5 heterocycles. The van der Waals surface area contributed by atoms with Gasteiger partial charge in [-0.15, -0.1) is 0 Å². The minimum absolute atomic E-state index is 0.0276. The largest absolute Gasteiger partial charge is 0.465 e. The van der Waals surface area contributed by atoms with Crippen molar-refractivity contribution in [3.05, 3.63) is 72.1 Å². The van der Waals surface area contributed by atoms with Gasteiger partial charge in [-0.1, -0.05) is 31.1 Å². The topological polar surface area (TPSA) is 134 Å². The number of nitrogens with one attached hydrogen (secondary N) is 1. The summed E-state index contributed by atoms with van der Waals surface area (Å²) in [6.07, 6.45) is 12.1. The van der Waals surface area contributed by atoms with Gasteiger partial charge >= 0.3 is 6.09 Å². The number of halogens is 1. The summed E-state index contributed by atoms with van der Waals surface area (Å²) in [5, 5.41) is 12.0. The van der Waals surface area contributed by atoms with Crippen LogP contribution in [0.15, 0.2) is 65.6 Å². The van der Waals surface area contributed by atoms with E-state index < -0.39 is 26.6 Å². The standard InChI is InChI=1S/C45H61FN6O6S/c46-36-9-4-8-35(27-36)45(32-50-22-7-23-50,40-10-5-11-41(40)47-44(55)56)34-17-24-49(25-18-34)28-33-26-43(54)52(29-33)37-13-15-38(16-14-37)59(57,58)39-30-51(31-39)42(53)12-6-21-48-19-2-1-3-20-48/h4,6,8-9,12-16,27,33-34,39-41,47H,1-3,5,7,10-11,17-26,28-32H2,(H,55,56)/b12-6+/t33-,40-,41-,45?/m0/s1. The lowest BCUT2D eigenvalue weighted by atomic mass is 9.57. The maximum absolute atomic E-state index is 15.0. The molecule has 5 saturated heterocycles. The van der Waals surface area contributed by atoms with Gasteiger partial charge in [-0.25, -0.2) is 17.6 Å². The lowest BCUT2D eigenvalue weighted by Crippen LogP contribution is -2.59. The zero-order valence-corrected chi connectivity index (χ0v) is 35.0. The lowest BCUT2D eigenvalue weighted by molar-refractivity contribution is -0.129. The van der Waals surface area contributed by atoms with E-state index in [0.717, 1.165) is 103 Å². The van der Waals surface area contributed by atoms with E-state index in [1.54, 1.807) is 52.3 Å². The van der Waals surface area contributed by atoms with E-state index in [2.05, 4.69) is 26.1 Å². The summed E-state index contributed by atoms with van der Waals surface area (Å²) in [4.78, 5) is 48.8. The quantitative estimate of drug-likeness (QED) is 0.253. The van der Waals surface area contributed by atoms with E-state index in [-0.39, 0.29) is 59.4 Å². The molecule has 5 aliphatic heterocycles. The summed E-state index contributed by atoms with van der Waals surface area (Å²) in [6.45, 7) is 9.02. The van der Waals surface area contributed by atoms with Gasteiger partial charge in [0.05, 0.1) is 4.90 Å².